The van der Waals surface area contributed by atoms with Gasteiger partial charge >= 0.3 is 0 Å². The number of pyridine rings is 1. The molecule has 6 nitrogen and oxygen atoms in total. The average Bonchev–Trinajstić information content (AvgIpc) is 3.42. The van der Waals surface area contributed by atoms with Gasteiger partial charge in [-0.25, -0.2) is 0 Å². The lowest BCUT2D eigenvalue weighted by atomic mass is 9.96. The predicted octanol–water partition coefficient (Wildman–Crippen LogP) is 4.45. The third-order valence-corrected chi connectivity index (χ3v) is 5.46. The van der Waals surface area contributed by atoms with Gasteiger partial charge in [-0.2, -0.15) is 0 Å². The zero-order chi connectivity index (χ0) is 21.4. The SMILES string of the molecule is O=C1C(=O)N(Cc2ccccn2)C(c2ccco2)/C1=C(/O)c1cccc2ccccc12. The summed E-state index contributed by atoms with van der Waals surface area (Å²) in [6, 6.07) is 20.9. The molecule has 2 aromatic heterocycles. The summed E-state index contributed by atoms with van der Waals surface area (Å²) < 4.78 is 5.57. The largest absolute Gasteiger partial charge is 0.507 e. The fourth-order valence-electron chi connectivity index (χ4n) is 4.03. The van der Waals surface area contributed by atoms with Crippen molar-refractivity contribution in [1.29, 1.82) is 0 Å². The van der Waals surface area contributed by atoms with Gasteiger partial charge in [0.2, 0.25) is 0 Å². The maximum absolute atomic E-state index is 13.1. The van der Waals surface area contributed by atoms with Gasteiger partial charge in [-0.1, -0.05) is 48.5 Å². The smallest absolute Gasteiger partial charge is 0.296 e. The maximum Gasteiger partial charge on any atom is 0.296 e. The number of aromatic nitrogens is 1. The van der Waals surface area contributed by atoms with Crippen LogP contribution in [0.15, 0.2) is 95.2 Å². The van der Waals surface area contributed by atoms with Crippen LogP contribution in [0.3, 0.4) is 0 Å². The van der Waals surface area contributed by atoms with Gasteiger partial charge in [0, 0.05) is 11.8 Å². The van der Waals surface area contributed by atoms with E-state index < -0.39 is 17.7 Å². The Balaban J connectivity index is 1.69. The summed E-state index contributed by atoms with van der Waals surface area (Å²) in [6.07, 6.45) is 3.11. The predicted molar refractivity (Wildman–Crippen MR) is 115 cm³/mol. The van der Waals surface area contributed by atoms with E-state index in [0.717, 1.165) is 10.8 Å². The van der Waals surface area contributed by atoms with Gasteiger partial charge in [0.15, 0.2) is 0 Å². The van der Waals surface area contributed by atoms with Crippen LogP contribution in [-0.2, 0) is 16.1 Å². The number of aliphatic hydroxyl groups excluding tert-OH is 1. The zero-order valence-corrected chi connectivity index (χ0v) is 16.4. The summed E-state index contributed by atoms with van der Waals surface area (Å²) >= 11 is 0. The van der Waals surface area contributed by atoms with E-state index in [1.807, 2.05) is 42.5 Å². The first-order valence-corrected chi connectivity index (χ1v) is 9.85. The van der Waals surface area contributed by atoms with Gasteiger partial charge in [0.1, 0.15) is 17.6 Å². The van der Waals surface area contributed by atoms with E-state index in [0.29, 0.717) is 17.0 Å². The van der Waals surface area contributed by atoms with E-state index in [-0.39, 0.29) is 17.9 Å². The standard InChI is InChI=1S/C25H18N2O4/c28-23(19-11-5-8-16-7-1-2-10-18(16)19)21-22(20-12-6-14-31-20)27(25(30)24(21)29)15-17-9-3-4-13-26-17/h1-14,22,28H,15H2/b23-21-. The Morgan fingerprint density at radius 3 is 2.55 bits per heavy atom. The normalized spacial score (nSPS) is 18.1. The molecular weight excluding hydrogens is 392 g/mol. The second-order valence-corrected chi connectivity index (χ2v) is 7.29. The highest BCUT2D eigenvalue weighted by molar-refractivity contribution is 6.46. The van der Waals surface area contributed by atoms with Gasteiger partial charge in [0.25, 0.3) is 11.7 Å². The molecule has 3 heterocycles. The van der Waals surface area contributed by atoms with Crippen LogP contribution in [0.25, 0.3) is 16.5 Å². The molecule has 1 N–H and O–H groups in total. The van der Waals surface area contributed by atoms with Crippen LogP contribution in [0.5, 0.6) is 0 Å². The van der Waals surface area contributed by atoms with Crippen molar-refractivity contribution in [2.24, 2.45) is 0 Å². The molecule has 1 unspecified atom stereocenters. The lowest BCUT2D eigenvalue weighted by Crippen LogP contribution is -2.29. The summed E-state index contributed by atoms with van der Waals surface area (Å²) in [4.78, 5) is 31.7. The topological polar surface area (TPSA) is 83.6 Å². The van der Waals surface area contributed by atoms with E-state index in [1.165, 1.54) is 11.2 Å². The summed E-state index contributed by atoms with van der Waals surface area (Å²) in [7, 11) is 0. The molecule has 1 amide bonds. The van der Waals surface area contributed by atoms with Crippen LogP contribution in [0.1, 0.15) is 23.1 Å². The van der Waals surface area contributed by atoms with Crippen molar-refractivity contribution >= 4 is 28.2 Å². The van der Waals surface area contributed by atoms with Crippen molar-refractivity contribution in [2.75, 3.05) is 0 Å². The van der Waals surface area contributed by atoms with E-state index >= 15 is 0 Å². The molecule has 1 fully saturated rings. The molecule has 1 aliphatic heterocycles. The molecule has 2 aromatic carbocycles. The van der Waals surface area contributed by atoms with Crippen molar-refractivity contribution in [3.8, 4) is 0 Å². The van der Waals surface area contributed by atoms with E-state index in [9.17, 15) is 14.7 Å². The number of hydrogen-bond donors (Lipinski definition) is 1. The summed E-state index contributed by atoms with van der Waals surface area (Å²) in [5.41, 5.74) is 1.13. The first-order chi connectivity index (χ1) is 15.1. The Morgan fingerprint density at radius 2 is 1.77 bits per heavy atom. The number of nitrogens with zero attached hydrogens (tertiary/aromatic N) is 2. The molecule has 0 spiro atoms. The van der Waals surface area contributed by atoms with Crippen molar-refractivity contribution in [1.82, 2.24) is 9.88 Å². The van der Waals surface area contributed by atoms with Gasteiger partial charge in [-0.05, 0) is 35.0 Å². The van der Waals surface area contributed by atoms with Crippen molar-refractivity contribution in [3.63, 3.8) is 0 Å². The number of carbonyl (C=O) groups is 2. The molecule has 1 saturated heterocycles. The highest BCUT2D eigenvalue weighted by Crippen LogP contribution is 2.41. The van der Waals surface area contributed by atoms with Crippen LogP contribution >= 0.6 is 0 Å². The van der Waals surface area contributed by atoms with Crippen LogP contribution in [-0.4, -0.2) is 26.7 Å². The molecule has 0 bridgehead atoms. The number of likely N-dealkylation sites (tertiary alicyclic amines) is 1. The first kappa shape index (κ1) is 18.8. The summed E-state index contributed by atoms with van der Waals surface area (Å²) in [5.74, 6) is -1.27. The van der Waals surface area contributed by atoms with Gasteiger partial charge < -0.3 is 14.4 Å². The molecule has 31 heavy (non-hydrogen) atoms. The number of hydrogen-bond acceptors (Lipinski definition) is 5. The Kier molecular flexibility index (Phi) is 4.59. The van der Waals surface area contributed by atoms with Crippen LogP contribution in [0, 0.1) is 0 Å². The summed E-state index contributed by atoms with van der Waals surface area (Å²) in [6.45, 7) is 0.114. The Labute approximate surface area is 178 Å². The van der Waals surface area contributed by atoms with Crippen molar-refractivity contribution in [2.45, 2.75) is 12.6 Å². The number of furan rings is 1. The molecule has 6 heteroatoms. The van der Waals surface area contributed by atoms with Gasteiger partial charge in [0.05, 0.1) is 24.1 Å². The number of carbonyl (C=O) groups excluding carboxylic acids is 2. The Hall–Kier alpha value is -4.19. The molecule has 5 rings (SSSR count). The summed E-state index contributed by atoms with van der Waals surface area (Å²) in [5, 5.41) is 13.0. The lowest BCUT2D eigenvalue weighted by Gasteiger charge is -2.23. The third-order valence-electron chi connectivity index (χ3n) is 5.46. The fraction of sp³-hybridized carbons (Fsp3) is 0.0800. The second-order valence-electron chi connectivity index (χ2n) is 7.29. The lowest BCUT2D eigenvalue weighted by molar-refractivity contribution is -0.140. The minimum absolute atomic E-state index is 0.00670. The molecule has 1 aliphatic rings. The zero-order valence-electron chi connectivity index (χ0n) is 16.4. The van der Waals surface area contributed by atoms with Crippen LogP contribution in [0.4, 0.5) is 0 Å². The van der Waals surface area contributed by atoms with E-state index in [4.69, 9.17) is 4.42 Å². The highest BCUT2D eigenvalue weighted by Gasteiger charge is 2.47. The Bertz CT molecular complexity index is 1300. The molecule has 152 valence electrons. The number of fused-ring (bicyclic) bond motifs is 1. The Morgan fingerprint density at radius 1 is 0.968 bits per heavy atom. The van der Waals surface area contributed by atoms with Crippen molar-refractivity contribution < 1.29 is 19.1 Å². The molecule has 0 saturated carbocycles. The van der Waals surface area contributed by atoms with Crippen LogP contribution in [0.2, 0.25) is 0 Å². The fourth-order valence-corrected chi connectivity index (χ4v) is 4.03. The van der Waals surface area contributed by atoms with Gasteiger partial charge in [-0.3, -0.25) is 14.6 Å². The van der Waals surface area contributed by atoms with Crippen LogP contribution < -0.4 is 0 Å². The number of amides is 1. The molecule has 0 radical (unpaired) electrons. The van der Waals surface area contributed by atoms with E-state index in [2.05, 4.69) is 4.98 Å². The number of rotatable bonds is 4. The minimum atomic E-state index is -0.851. The maximum atomic E-state index is 13.1. The first-order valence-electron chi connectivity index (χ1n) is 9.85. The molecule has 0 aliphatic carbocycles. The number of benzene rings is 2. The number of aliphatic hydroxyl groups is 1. The highest BCUT2D eigenvalue weighted by atomic mass is 16.3. The van der Waals surface area contributed by atoms with Crippen molar-refractivity contribution in [3.05, 3.63) is 108 Å². The molecular formula is C25H18N2O4. The van der Waals surface area contributed by atoms with Gasteiger partial charge in [-0.15, -0.1) is 0 Å². The molecule has 4 aromatic rings. The van der Waals surface area contributed by atoms with E-state index in [1.54, 1.807) is 36.5 Å². The second kappa shape index (κ2) is 7.57. The third kappa shape index (κ3) is 3.18. The average molecular weight is 410 g/mol. The monoisotopic (exact) mass is 410 g/mol. The minimum Gasteiger partial charge on any atom is -0.507 e. The number of Topliss-reactive ketones (excluding diaryl/α,β-unsaturated/α-hetero) is 1. The number of ketones is 1. The quantitative estimate of drug-likeness (QED) is 0.305. The molecule has 1 atom stereocenters.